The molecule has 1 N–H and O–H groups in total. The van der Waals surface area contributed by atoms with Crippen LogP contribution in [0.15, 0.2) is 12.1 Å². The quantitative estimate of drug-likeness (QED) is 0.804. The highest BCUT2D eigenvalue weighted by Crippen LogP contribution is 2.33. The van der Waals surface area contributed by atoms with Gasteiger partial charge in [0.05, 0.1) is 14.2 Å². The van der Waals surface area contributed by atoms with Crippen LogP contribution in [0.5, 0.6) is 11.5 Å². The molecule has 1 aromatic rings. The summed E-state index contributed by atoms with van der Waals surface area (Å²) < 4.78 is 10.5. The Labute approximate surface area is 89.5 Å². The van der Waals surface area contributed by atoms with Gasteiger partial charge in [-0.25, -0.2) is 0 Å². The molecular formula is C12H15NO2. The third-order valence-electron chi connectivity index (χ3n) is 2.81. The Bertz CT molecular complexity index is 399. The molecule has 0 aliphatic heterocycles. The van der Waals surface area contributed by atoms with E-state index < -0.39 is 0 Å². The van der Waals surface area contributed by atoms with E-state index in [1.807, 2.05) is 12.1 Å². The maximum absolute atomic E-state index is 7.67. The summed E-state index contributed by atoms with van der Waals surface area (Å²) in [5.41, 5.74) is 3.28. The molecule has 80 valence electrons. The zero-order chi connectivity index (χ0) is 10.8. The minimum absolute atomic E-state index is 0.746. The van der Waals surface area contributed by atoms with E-state index in [-0.39, 0.29) is 0 Å². The maximum Gasteiger partial charge on any atom is 0.161 e. The van der Waals surface area contributed by atoms with Crippen LogP contribution in [0, 0.1) is 5.41 Å². The number of hydrogen-bond donors (Lipinski definition) is 1. The van der Waals surface area contributed by atoms with Crippen molar-refractivity contribution in [3.05, 3.63) is 23.3 Å². The van der Waals surface area contributed by atoms with Crippen LogP contribution in [0.4, 0.5) is 0 Å². The van der Waals surface area contributed by atoms with Crippen molar-refractivity contribution in [2.24, 2.45) is 0 Å². The van der Waals surface area contributed by atoms with Gasteiger partial charge < -0.3 is 14.9 Å². The van der Waals surface area contributed by atoms with Crippen LogP contribution in [0.1, 0.15) is 17.5 Å². The second-order valence-electron chi connectivity index (χ2n) is 3.76. The van der Waals surface area contributed by atoms with Crippen molar-refractivity contribution < 1.29 is 9.47 Å². The number of aryl methyl sites for hydroxylation is 1. The van der Waals surface area contributed by atoms with Gasteiger partial charge in [0.15, 0.2) is 11.5 Å². The normalized spacial score (nSPS) is 14.7. The van der Waals surface area contributed by atoms with Gasteiger partial charge in [-0.05, 0) is 36.1 Å². The van der Waals surface area contributed by atoms with E-state index in [0.29, 0.717) is 0 Å². The summed E-state index contributed by atoms with van der Waals surface area (Å²) >= 11 is 0. The van der Waals surface area contributed by atoms with Crippen molar-refractivity contribution in [1.82, 2.24) is 0 Å². The Balaban J connectivity index is 2.45. The van der Waals surface area contributed by atoms with Crippen LogP contribution in [-0.4, -0.2) is 19.9 Å². The van der Waals surface area contributed by atoms with Gasteiger partial charge in [-0.2, -0.15) is 0 Å². The largest absolute Gasteiger partial charge is 0.493 e. The fourth-order valence-electron chi connectivity index (χ4n) is 1.96. The van der Waals surface area contributed by atoms with E-state index in [1.165, 1.54) is 11.1 Å². The van der Waals surface area contributed by atoms with Crippen LogP contribution < -0.4 is 9.47 Å². The van der Waals surface area contributed by atoms with Gasteiger partial charge in [0.25, 0.3) is 0 Å². The molecule has 0 aromatic heterocycles. The Hall–Kier alpha value is -1.51. The number of benzene rings is 1. The van der Waals surface area contributed by atoms with Crippen molar-refractivity contribution >= 4 is 5.71 Å². The maximum atomic E-state index is 7.67. The average molecular weight is 205 g/mol. The lowest BCUT2D eigenvalue weighted by molar-refractivity contribution is 0.354. The molecule has 3 nitrogen and oxygen atoms in total. The van der Waals surface area contributed by atoms with Gasteiger partial charge in [-0.3, -0.25) is 0 Å². The van der Waals surface area contributed by atoms with Crippen LogP contribution >= 0.6 is 0 Å². The summed E-state index contributed by atoms with van der Waals surface area (Å²) in [6.07, 6.45) is 2.55. The van der Waals surface area contributed by atoms with Crippen LogP contribution in [0.25, 0.3) is 0 Å². The summed E-state index contributed by atoms with van der Waals surface area (Å²) in [6.45, 7) is 0. The number of nitrogens with one attached hydrogen (secondary N) is 1. The van der Waals surface area contributed by atoms with Crippen molar-refractivity contribution in [3.63, 3.8) is 0 Å². The molecule has 2 rings (SSSR count). The molecule has 1 aliphatic carbocycles. The molecule has 1 aliphatic rings. The lowest BCUT2D eigenvalue weighted by atomic mass is 9.90. The van der Waals surface area contributed by atoms with Crippen molar-refractivity contribution in [1.29, 1.82) is 5.41 Å². The molecule has 0 fully saturated rings. The molecule has 0 atom stereocenters. The Morgan fingerprint density at radius 3 is 2.20 bits per heavy atom. The molecule has 3 heteroatoms. The third-order valence-corrected chi connectivity index (χ3v) is 2.81. The van der Waals surface area contributed by atoms with Crippen LogP contribution in [0.3, 0.4) is 0 Å². The molecule has 15 heavy (non-hydrogen) atoms. The Kier molecular flexibility index (Phi) is 2.62. The summed E-state index contributed by atoms with van der Waals surface area (Å²) in [7, 11) is 3.29. The zero-order valence-corrected chi connectivity index (χ0v) is 9.09. The van der Waals surface area contributed by atoms with Crippen molar-refractivity contribution in [2.45, 2.75) is 19.3 Å². The average Bonchev–Trinajstić information content (AvgIpc) is 2.27. The highest BCUT2D eigenvalue weighted by atomic mass is 16.5. The predicted octanol–water partition coefficient (Wildman–Crippen LogP) is 2.21. The van der Waals surface area contributed by atoms with Gasteiger partial charge in [0.1, 0.15) is 0 Å². The lowest BCUT2D eigenvalue weighted by Crippen LogP contribution is -2.13. The summed E-state index contributed by atoms with van der Waals surface area (Å²) in [6, 6.07) is 4.02. The molecule has 0 spiro atoms. The summed E-state index contributed by atoms with van der Waals surface area (Å²) in [5.74, 6) is 1.54. The van der Waals surface area contributed by atoms with Gasteiger partial charge >= 0.3 is 0 Å². The molecular weight excluding hydrogens is 190 g/mol. The lowest BCUT2D eigenvalue weighted by Gasteiger charge is -2.19. The highest BCUT2D eigenvalue weighted by Gasteiger charge is 2.16. The Morgan fingerprint density at radius 1 is 1.00 bits per heavy atom. The van der Waals surface area contributed by atoms with E-state index in [4.69, 9.17) is 14.9 Å². The number of ether oxygens (including phenoxy) is 2. The molecule has 0 saturated heterocycles. The Morgan fingerprint density at radius 2 is 1.60 bits per heavy atom. The molecule has 0 amide bonds. The van der Waals surface area contributed by atoms with E-state index in [9.17, 15) is 0 Å². The van der Waals surface area contributed by atoms with E-state index >= 15 is 0 Å². The summed E-state index contributed by atoms with van der Waals surface area (Å²) in [5, 5.41) is 7.67. The second-order valence-corrected chi connectivity index (χ2v) is 3.76. The third kappa shape index (κ3) is 1.82. The fourth-order valence-corrected chi connectivity index (χ4v) is 1.96. The molecule has 0 saturated carbocycles. The first-order valence-corrected chi connectivity index (χ1v) is 5.04. The predicted molar refractivity (Wildman–Crippen MR) is 59.3 cm³/mol. The van der Waals surface area contributed by atoms with Gasteiger partial charge in [0, 0.05) is 12.1 Å². The van der Waals surface area contributed by atoms with E-state index in [2.05, 4.69) is 0 Å². The van der Waals surface area contributed by atoms with Crippen molar-refractivity contribution in [2.75, 3.05) is 14.2 Å². The monoisotopic (exact) mass is 205 g/mol. The van der Waals surface area contributed by atoms with Crippen molar-refractivity contribution in [3.8, 4) is 11.5 Å². The number of fused-ring (bicyclic) bond motifs is 1. The minimum atomic E-state index is 0.746. The topological polar surface area (TPSA) is 42.3 Å². The SMILES string of the molecule is COc1cc2c(cc1OC)CC(=N)CC2. The highest BCUT2D eigenvalue weighted by molar-refractivity contribution is 5.86. The first-order chi connectivity index (χ1) is 7.24. The molecule has 0 heterocycles. The molecule has 0 radical (unpaired) electrons. The van der Waals surface area contributed by atoms with Crippen LogP contribution in [-0.2, 0) is 12.8 Å². The number of rotatable bonds is 2. The second kappa shape index (κ2) is 3.93. The molecule has 1 aromatic carbocycles. The fraction of sp³-hybridized carbons (Fsp3) is 0.417. The van der Waals surface area contributed by atoms with Gasteiger partial charge in [0.2, 0.25) is 0 Å². The van der Waals surface area contributed by atoms with E-state index in [0.717, 1.165) is 36.5 Å². The first-order valence-electron chi connectivity index (χ1n) is 5.04. The molecule has 0 bridgehead atoms. The van der Waals surface area contributed by atoms with Crippen LogP contribution in [0.2, 0.25) is 0 Å². The smallest absolute Gasteiger partial charge is 0.161 e. The number of hydrogen-bond acceptors (Lipinski definition) is 3. The molecule has 0 unspecified atom stereocenters. The number of methoxy groups -OCH3 is 2. The first kappa shape index (κ1) is 10.0. The zero-order valence-electron chi connectivity index (χ0n) is 9.09. The van der Waals surface area contributed by atoms with Gasteiger partial charge in [-0.15, -0.1) is 0 Å². The van der Waals surface area contributed by atoms with E-state index in [1.54, 1.807) is 14.2 Å². The minimum Gasteiger partial charge on any atom is -0.493 e. The summed E-state index contributed by atoms with van der Waals surface area (Å²) in [4.78, 5) is 0. The standard InChI is InChI=1S/C12H15NO2/c1-14-11-6-8-3-4-10(13)5-9(8)7-12(11)15-2/h6-7,13H,3-5H2,1-2H3. The van der Waals surface area contributed by atoms with Gasteiger partial charge in [-0.1, -0.05) is 0 Å².